The summed E-state index contributed by atoms with van der Waals surface area (Å²) in [6.07, 6.45) is 16.5. The molecule has 0 unspecified atom stereocenters. The zero-order valence-electron chi connectivity index (χ0n) is 21.9. The molecule has 2 aliphatic rings. The molecule has 38 heavy (non-hydrogen) atoms. The number of carbonyl (C=O) groups excluding carboxylic acids is 1. The number of hydrogen-bond acceptors (Lipinski definition) is 5. The van der Waals surface area contributed by atoms with E-state index in [1.807, 2.05) is 18.3 Å². The molecular formula is C32H35N5O. The summed E-state index contributed by atoms with van der Waals surface area (Å²) in [5.41, 5.74) is 6.46. The lowest BCUT2D eigenvalue weighted by Gasteiger charge is -2.30. The molecule has 0 spiro atoms. The second-order valence-corrected chi connectivity index (χ2v) is 10.5. The van der Waals surface area contributed by atoms with Gasteiger partial charge in [0.15, 0.2) is 0 Å². The van der Waals surface area contributed by atoms with E-state index in [0.29, 0.717) is 5.56 Å². The largest absolute Gasteiger partial charge is 0.350 e. The minimum Gasteiger partial charge on any atom is -0.350 e. The zero-order valence-corrected chi connectivity index (χ0v) is 21.9. The Balaban J connectivity index is 1.04. The number of benzene rings is 2. The molecule has 1 saturated carbocycles. The minimum atomic E-state index is -0.0533. The average molecular weight is 506 g/mol. The molecule has 6 nitrogen and oxygen atoms in total. The lowest BCUT2D eigenvalue weighted by atomic mass is 9.84. The molecule has 2 aromatic carbocycles. The van der Waals surface area contributed by atoms with E-state index >= 15 is 0 Å². The molecule has 194 valence electrons. The third-order valence-electron chi connectivity index (χ3n) is 7.95. The first-order valence-electron chi connectivity index (χ1n) is 13.8. The van der Waals surface area contributed by atoms with Crippen LogP contribution in [-0.2, 0) is 17.6 Å². The summed E-state index contributed by atoms with van der Waals surface area (Å²) in [7, 11) is 0. The van der Waals surface area contributed by atoms with Gasteiger partial charge < -0.3 is 10.2 Å². The van der Waals surface area contributed by atoms with Crippen LogP contribution in [0.4, 0.5) is 0 Å². The number of hydrogen-bond donors (Lipinski definition) is 1. The van der Waals surface area contributed by atoms with E-state index in [9.17, 15) is 4.79 Å². The highest BCUT2D eigenvalue weighted by Crippen LogP contribution is 2.28. The van der Waals surface area contributed by atoms with Gasteiger partial charge in [0.1, 0.15) is 0 Å². The summed E-state index contributed by atoms with van der Waals surface area (Å²) in [6.45, 7) is 3.37. The van der Waals surface area contributed by atoms with Crippen LogP contribution in [0.5, 0.6) is 0 Å². The Morgan fingerprint density at radius 3 is 2.68 bits per heavy atom. The molecule has 1 aromatic heterocycles. The van der Waals surface area contributed by atoms with E-state index < -0.39 is 0 Å². The summed E-state index contributed by atoms with van der Waals surface area (Å²) in [5.74, 6) is 0.684. The summed E-state index contributed by atoms with van der Waals surface area (Å²) in [6, 6.07) is 16.4. The highest BCUT2D eigenvalue weighted by atomic mass is 16.1. The van der Waals surface area contributed by atoms with Crippen LogP contribution in [0.25, 0.3) is 17.3 Å². The number of nitriles is 1. The van der Waals surface area contributed by atoms with Crippen molar-refractivity contribution in [2.75, 3.05) is 19.6 Å². The molecule has 0 bridgehead atoms. The van der Waals surface area contributed by atoms with Crippen molar-refractivity contribution < 1.29 is 4.79 Å². The Morgan fingerprint density at radius 2 is 1.89 bits per heavy atom. The van der Waals surface area contributed by atoms with Crippen LogP contribution >= 0.6 is 0 Å². The highest BCUT2D eigenvalue weighted by molar-refractivity contribution is 5.91. The molecule has 3 aromatic rings. The number of nitrogens with one attached hydrogen (secondary N) is 1. The van der Waals surface area contributed by atoms with Crippen LogP contribution in [0, 0.1) is 17.2 Å². The summed E-state index contributed by atoms with van der Waals surface area (Å²) >= 11 is 0. The van der Waals surface area contributed by atoms with Crippen molar-refractivity contribution in [1.29, 1.82) is 5.26 Å². The minimum absolute atomic E-state index is 0.0533. The lowest BCUT2D eigenvalue weighted by Crippen LogP contribution is -2.37. The number of carbonyl (C=O) groups is 1. The van der Waals surface area contributed by atoms with Crippen molar-refractivity contribution in [1.82, 2.24) is 20.2 Å². The predicted molar refractivity (Wildman–Crippen MR) is 150 cm³/mol. The van der Waals surface area contributed by atoms with Crippen molar-refractivity contribution in [3.63, 3.8) is 0 Å². The molecule has 6 heteroatoms. The van der Waals surface area contributed by atoms with Gasteiger partial charge in [0, 0.05) is 43.2 Å². The van der Waals surface area contributed by atoms with E-state index in [4.69, 9.17) is 5.26 Å². The van der Waals surface area contributed by atoms with Gasteiger partial charge in [-0.1, -0.05) is 24.3 Å². The summed E-state index contributed by atoms with van der Waals surface area (Å²) < 4.78 is 0. The highest BCUT2D eigenvalue weighted by Gasteiger charge is 2.23. The second-order valence-electron chi connectivity index (χ2n) is 10.5. The van der Waals surface area contributed by atoms with E-state index in [1.165, 1.54) is 30.4 Å². The maximum absolute atomic E-state index is 12.4. The predicted octanol–water partition coefficient (Wildman–Crippen LogP) is 5.19. The Morgan fingerprint density at radius 1 is 1.05 bits per heavy atom. The maximum atomic E-state index is 12.4. The summed E-state index contributed by atoms with van der Waals surface area (Å²) in [5, 5.41) is 12.2. The molecule has 1 fully saturated rings. The van der Waals surface area contributed by atoms with Gasteiger partial charge in [-0.2, -0.15) is 5.26 Å². The Labute approximate surface area is 225 Å². The van der Waals surface area contributed by atoms with Crippen LogP contribution in [-0.4, -0.2) is 46.5 Å². The molecule has 2 heterocycles. The first kappa shape index (κ1) is 25.8. The topological polar surface area (TPSA) is 81.9 Å². The van der Waals surface area contributed by atoms with Gasteiger partial charge in [0.25, 0.3) is 0 Å². The number of amides is 1. The zero-order chi connectivity index (χ0) is 26.2. The smallest absolute Gasteiger partial charge is 0.244 e. The van der Waals surface area contributed by atoms with Gasteiger partial charge in [0.2, 0.25) is 5.91 Å². The number of rotatable bonds is 7. The van der Waals surface area contributed by atoms with Crippen LogP contribution in [0.3, 0.4) is 0 Å². The molecular weight excluding hydrogens is 470 g/mol. The average Bonchev–Trinajstić information content (AvgIpc) is 3.18. The SMILES string of the molecule is N#Cc1cccc(/C=C/C(=O)NC2CCC(CCN3CCc4ccc(-c5cnccn5)cc4CC3)CC2)c1. The van der Waals surface area contributed by atoms with E-state index in [-0.39, 0.29) is 11.9 Å². The van der Waals surface area contributed by atoms with Gasteiger partial charge in [-0.3, -0.25) is 14.8 Å². The number of aromatic nitrogens is 2. The molecule has 1 aliphatic carbocycles. The fourth-order valence-electron chi connectivity index (χ4n) is 5.70. The van der Waals surface area contributed by atoms with Gasteiger partial charge in [-0.25, -0.2) is 0 Å². The molecule has 1 N–H and O–H groups in total. The quantitative estimate of drug-likeness (QED) is 0.447. The molecule has 0 radical (unpaired) electrons. The fourth-order valence-corrected chi connectivity index (χ4v) is 5.70. The van der Waals surface area contributed by atoms with E-state index in [0.717, 1.165) is 68.1 Å². The Bertz CT molecular complexity index is 1300. The third kappa shape index (κ3) is 6.93. The summed E-state index contributed by atoms with van der Waals surface area (Å²) in [4.78, 5) is 23.7. The van der Waals surface area contributed by atoms with Gasteiger partial charge in [0.05, 0.1) is 23.5 Å². The van der Waals surface area contributed by atoms with E-state index in [1.54, 1.807) is 36.7 Å². The lowest BCUT2D eigenvalue weighted by molar-refractivity contribution is -0.117. The molecule has 0 saturated heterocycles. The van der Waals surface area contributed by atoms with Gasteiger partial charge >= 0.3 is 0 Å². The van der Waals surface area contributed by atoms with Crippen molar-refractivity contribution in [2.45, 2.75) is 51.0 Å². The van der Waals surface area contributed by atoms with Crippen LogP contribution in [0.15, 0.2) is 67.1 Å². The standard InChI is InChI=1S/C32H35N5O/c33-22-26-3-1-2-25(20-26)6-11-32(38)36-30-9-4-24(5-10-30)12-17-37-18-13-27-7-8-29(21-28(27)14-19-37)31-23-34-15-16-35-31/h1-3,6-8,11,15-16,20-21,23-24,30H,4-5,9-10,12-14,17-19H2,(H,36,38)/b11-6+. The number of fused-ring (bicyclic) bond motifs is 1. The third-order valence-corrected chi connectivity index (χ3v) is 7.95. The first-order valence-corrected chi connectivity index (χ1v) is 13.8. The Kier molecular flexibility index (Phi) is 8.57. The molecule has 1 amide bonds. The van der Waals surface area contributed by atoms with Gasteiger partial charge in [-0.15, -0.1) is 0 Å². The van der Waals surface area contributed by atoms with Gasteiger partial charge in [-0.05, 0) is 98.4 Å². The fraction of sp³-hybridized carbons (Fsp3) is 0.375. The maximum Gasteiger partial charge on any atom is 0.244 e. The van der Waals surface area contributed by atoms with Crippen LogP contribution in [0.1, 0.15) is 54.4 Å². The van der Waals surface area contributed by atoms with Crippen LogP contribution in [0.2, 0.25) is 0 Å². The normalized spacial score (nSPS) is 19.9. The van der Waals surface area contributed by atoms with Crippen molar-refractivity contribution >= 4 is 12.0 Å². The van der Waals surface area contributed by atoms with Crippen LogP contribution < -0.4 is 5.32 Å². The first-order chi connectivity index (χ1) is 18.7. The Hall–Kier alpha value is -3.82. The molecule has 0 atom stereocenters. The number of nitrogens with zero attached hydrogens (tertiary/aromatic N) is 4. The van der Waals surface area contributed by atoms with Crippen molar-refractivity contribution in [2.24, 2.45) is 5.92 Å². The molecule has 5 rings (SSSR count). The van der Waals surface area contributed by atoms with Crippen molar-refractivity contribution in [3.8, 4) is 17.3 Å². The van der Waals surface area contributed by atoms with E-state index in [2.05, 4.69) is 44.5 Å². The monoisotopic (exact) mass is 505 g/mol. The molecule has 1 aliphatic heterocycles. The second kappa shape index (κ2) is 12.6. The van der Waals surface area contributed by atoms with Crippen molar-refractivity contribution in [3.05, 3.63) is 89.4 Å².